The van der Waals surface area contributed by atoms with Crippen molar-refractivity contribution in [2.75, 3.05) is 5.73 Å². The van der Waals surface area contributed by atoms with Gasteiger partial charge in [-0.2, -0.15) is 0 Å². The molecule has 0 amide bonds. The van der Waals surface area contributed by atoms with Gasteiger partial charge in [-0.3, -0.25) is 10.1 Å². The third-order valence-electron chi connectivity index (χ3n) is 2.01. The molecule has 0 atom stereocenters. The van der Waals surface area contributed by atoms with Crippen LogP contribution in [0.2, 0.25) is 0 Å². The van der Waals surface area contributed by atoms with Crippen molar-refractivity contribution in [1.82, 2.24) is 0 Å². The fourth-order valence-electron chi connectivity index (χ4n) is 1.31. The second-order valence-electron chi connectivity index (χ2n) is 3.01. The fourth-order valence-corrected chi connectivity index (χ4v) is 2.13. The number of hydrogen-bond acceptors (Lipinski definition) is 4. The third kappa shape index (κ3) is 1.82. The molecule has 0 saturated heterocycles. The molecule has 0 bridgehead atoms. The molecule has 0 saturated carbocycles. The molecule has 1 aromatic heterocycles. The number of nitro benzene ring substituents is 1. The average molecular weight is 220 g/mol. The van der Waals surface area contributed by atoms with Crippen LogP contribution < -0.4 is 5.73 Å². The Morgan fingerprint density at radius 1 is 1.33 bits per heavy atom. The third-order valence-corrected chi connectivity index (χ3v) is 2.99. The van der Waals surface area contributed by atoms with Gasteiger partial charge in [0.1, 0.15) is 0 Å². The van der Waals surface area contributed by atoms with Gasteiger partial charge in [-0.1, -0.05) is 12.1 Å². The highest BCUT2D eigenvalue weighted by molar-refractivity contribution is 7.14. The zero-order valence-electron chi connectivity index (χ0n) is 7.71. The molecule has 1 aromatic carbocycles. The topological polar surface area (TPSA) is 69.2 Å². The lowest BCUT2D eigenvalue weighted by Gasteiger charge is -1.99. The molecule has 0 aliphatic rings. The Labute approximate surface area is 90.1 Å². The Hall–Kier alpha value is -1.88. The number of anilines is 1. The quantitative estimate of drug-likeness (QED) is 0.625. The van der Waals surface area contributed by atoms with E-state index < -0.39 is 4.92 Å². The highest BCUT2D eigenvalue weighted by Gasteiger charge is 2.09. The summed E-state index contributed by atoms with van der Waals surface area (Å²) in [6.07, 6.45) is 0. The Morgan fingerprint density at radius 2 is 2.13 bits per heavy atom. The second-order valence-corrected chi connectivity index (χ2v) is 3.93. The molecule has 0 radical (unpaired) electrons. The van der Waals surface area contributed by atoms with Gasteiger partial charge in [-0.15, -0.1) is 11.3 Å². The van der Waals surface area contributed by atoms with Crippen LogP contribution >= 0.6 is 11.3 Å². The summed E-state index contributed by atoms with van der Waals surface area (Å²) in [6.45, 7) is 0. The minimum Gasteiger partial charge on any atom is -0.398 e. The van der Waals surface area contributed by atoms with Crippen molar-refractivity contribution in [2.45, 2.75) is 0 Å². The highest BCUT2D eigenvalue weighted by atomic mass is 32.1. The van der Waals surface area contributed by atoms with Crippen LogP contribution in [0.15, 0.2) is 35.7 Å². The summed E-state index contributed by atoms with van der Waals surface area (Å²) >= 11 is 1.48. The molecule has 5 heteroatoms. The lowest BCUT2D eigenvalue weighted by atomic mass is 10.1. The minimum atomic E-state index is -0.409. The van der Waals surface area contributed by atoms with Crippen LogP contribution in [0.1, 0.15) is 0 Å². The summed E-state index contributed by atoms with van der Waals surface area (Å²) in [5.41, 5.74) is 7.26. The van der Waals surface area contributed by atoms with Crippen LogP contribution in [0.25, 0.3) is 10.4 Å². The predicted molar refractivity (Wildman–Crippen MR) is 60.8 cm³/mol. The summed E-state index contributed by atoms with van der Waals surface area (Å²) in [5, 5.41) is 12.4. The number of nitro groups is 1. The first-order chi connectivity index (χ1) is 7.18. The molecule has 0 aliphatic carbocycles. The molecular formula is C10H8N2O2S. The number of nitrogen functional groups attached to an aromatic ring is 1. The number of rotatable bonds is 2. The highest BCUT2D eigenvalue weighted by Crippen LogP contribution is 2.32. The van der Waals surface area contributed by atoms with E-state index in [4.69, 9.17) is 5.73 Å². The molecule has 2 aromatic rings. The van der Waals surface area contributed by atoms with E-state index in [-0.39, 0.29) is 5.69 Å². The van der Waals surface area contributed by atoms with E-state index in [0.29, 0.717) is 5.69 Å². The zero-order chi connectivity index (χ0) is 10.8. The molecule has 2 N–H and O–H groups in total. The summed E-state index contributed by atoms with van der Waals surface area (Å²) in [6, 6.07) is 8.26. The number of non-ortho nitro benzene ring substituents is 1. The summed E-state index contributed by atoms with van der Waals surface area (Å²) in [4.78, 5) is 11.0. The first-order valence-corrected chi connectivity index (χ1v) is 5.14. The van der Waals surface area contributed by atoms with E-state index in [1.807, 2.05) is 11.4 Å². The van der Waals surface area contributed by atoms with Gasteiger partial charge in [0.2, 0.25) is 0 Å². The van der Waals surface area contributed by atoms with Crippen molar-refractivity contribution in [3.05, 3.63) is 45.8 Å². The SMILES string of the molecule is Nc1ccsc1-c1cccc([N+](=O)[O-])c1. The van der Waals surface area contributed by atoms with E-state index >= 15 is 0 Å². The van der Waals surface area contributed by atoms with Crippen molar-refractivity contribution in [3.63, 3.8) is 0 Å². The molecular weight excluding hydrogens is 212 g/mol. The molecule has 0 aliphatic heterocycles. The van der Waals surface area contributed by atoms with E-state index in [1.165, 1.54) is 23.5 Å². The predicted octanol–water partition coefficient (Wildman–Crippen LogP) is 2.91. The standard InChI is InChI=1S/C10H8N2O2S/c11-9-4-5-15-10(9)7-2-1-3-8(6-7)12(13)14/h1-6H,11H2. The van der Waals surface area contributed by atoms with Gasteiger partial charge in [-0.25, -0.2) is 0 Å². The van der Waals surface area contributed by atoms with Crippen molar-refractivity contribution in [3.8, 4) is 10.4 Å². The van der Waals surface area contributed by atoms with Gasteiger partial charge in [-0.05, 0) is 11.4 Å². The molecule has 4 nitrogen and oxygen atoms in total. The molecule has 15 heavy (non-hydrogen) atoms. The van der Waals surface area contributed by atoms with Crippen LogP contribution in [-0.2, 0) is 0 Å². The number of hydrogen-bond donors (Lipinski definition) is 1. The first kappa shape index (κ1) is 9.67. The lowest BCUT2D eigenvalue weighted by Crippen LogP contribution is -1.88. The lowest BCUT2D eigenvalue weighted by molar-refractivity contribution is -0.384. The zero-order valence-corrected chi connectivity index (χ0v) is 8.53. The molecule has 0 spiro atoms. The maximum Gasteiger partial charge on any atom is 0.270 e. The Balaban J connectivity index is 2.50. The van der Waals surface area contributed by atoms with E-state index in [1.54, 1.807) is 12.1 Å². The van der Waals surface area contributed by atoms with Crippen molar-refractivity contribution < 1.29 is 4.92 Å². The fraction of sp³-hybridized carbons (Fsp3) is 0. The first-order valence-electron chi connectivity index (χ1n) is 4.26. The molecule has 0 fully saturated rings. The molecule has 0 unspecified atom stereocenters. The van der Waals surface area contributed by atoms with Crippen molar-refractivity contribution in [2.24, 2.45) is 0 Å². The summed E-state index contributed by atoms with van der Waals surface area (Å²) < 4.78 is 0. The molecule has 76 valence electrons. The minimum absolute atomic E-state index is 0.0836. The number of nitrogens with two attached hydrogens (primary N) is 1. The maximum atomic E-state index is 10.6. The van der Waals surface area contributed by atoms with Crippen molar-refractivity contribution >= 4 is 22.7 Å². The van der Waals surface area contributed by atoms with Crippen LogP contribution in [0.5, 0.6) is 0 Å². The Kier molecular flexibility index (Phi) is 2.39. The Bertz CT molecular complexity index is 508. The van der Waals surface area contributed by atoms with Gasteiger partial charge in [0.05, 0.1) is 15.5 Å². The van der Waals surface area contributed by atoms with Crippen LogP contribution in [0.3, 0.4) is 0 Å². The van der Waals surface area contributed by atoms with Gasteiger partial charge in [0, 0.05) is 17.7 Å². The number of thiophene rings is 1. The summed E-state index contributed by atoms with van der Waals surface area (Å²) in [5.74, 6) is 0. The number of nitrogens with zero attached hydrogens (tertiary/aromatic N) is 1. The van der Waals surface area contributed by atoms with E-state index in [9.17, 15) is 10.1 Å². The second kappa shape index (κ2) is 3.70. The Morgan fingerprint density at radius 3 is 2.73 bits per heavy atom. The molecule has 2 rings (SSSR count). The van der Waals surface area contributed by atoms with Gasteiger partial charge >= 0.3 is 0 Å². The van der Waals surface area contributed by atoms with Crippen LogP contribution in [0.4, 0.5) is 11.4 Å². The average Bonchev–Trinajstić information content (AvgIpc) is 2.64. The van der Waals surface area contributed by atoms with E-state index in [2.05, 4.69) is 0 Å². The van der Waals surface area contributed by atoms with Crippen LogP contribution in [0, 0.1) is 10.1 Å². The van der Waals surface area contributed by atoms with Gasteiger partial charge in [0.25, 0.3) is 5.69 Å². The number of benzene rings is 1. The smallest absolute Gasteiger partial charge is 0.270 e. The van der Waals surface area contributed by atoms with Gasteiger partial charge in [0.15, 0.2) is 0 Å². The maximum absolute atomic E-state index is 10.6. The largest absolute Gasteiger partial charge is 0.398 e. The van der Waals surface area contributed by atoms with E-state index in [0.717, 1.165) is 10.4 Å². The summed E-state index contributed by atoms with van der Waals surface area (Å²) in [7, 11) is 0. The van der Waals surface area contributed by atoms with Crippen LogP contribution in [-0.4, -0.2) is 4.92 Å². The van der Waals surface area contributed by atoms with Crippen molar-refractivity contribution in [1.29, 1.82) is 0 Å². The normalized spacial score (nSPS) is 10.1. The van der Waals surface area contributed by atoms with Gasteiger partial charge < -0.3 is 5.73 Å². The monoisotopic (exact) mass is 220 g/mol. The molecule has 1 heterocycles.